The van der Waals surface area contributed by atoms with Crippen LogP contribution in [0.2, 0.25) is 0 Å². The van der Waals surface area contributed by atoms with E-state index in [0.29, 0.717) is 29.9 Å². The summed E-state index contributed by atoms with van der Waals surface area (Å²) in [5.74, 6) is 1.25. The number of ether oxygens (including phenoxy) is 2. The van der Waals surface area contributed by atoms with Crippen molar-refractivity contribution in [1.29, 1.82) is 0 Å². The predicted molar refractivity (Wildman–Crippen MR) is 147 cm³/mol. The minimum absolute atomic E-state index is 0.0752. The number of fused-ring (bicyclic) bond motifs is 1. The van der Waals surface area contributed by atoms with Crippen molar-refractivity contribution in [2.24, 2.45) is 0 Å². The van der Waals surface area contributed by atoms with Gasteiger partial charge in [-0.1, -0.05) is 84.9 Å². The number of carbonyl (C=O) groups is 1. The van der Waals surface area contributed by atoms with Crippen LogP contribution in [0, 0.1) is 0 Å². The van der Waals surface area contributed by atoms with Gasteiger partial charge in [0.05, 0.1) is 14.2 Å². The monoisotopic (exact) mass is 472 g/mol. The Morgan fingerprint density at radius 2 is 1.19 bits per heavy atom. The van der Waals surface area contributed by atoms with Crippen LogP contribution in [-0.2, 0) is 6.42 Å². The molecule has 0 N–H and O–H groups in total. The van der Waals surface area contributed by atoms with Crippen molar-refractivity contribution in [3.63, 3.8) is 0 Å². The van der Waals surface area contributed by atoms with Gasteiger partial charge in [-0.15, -0.1) is 0 Å². The van der Waals surface area contributed by atoms with Gasteiger partial charge in [0.1, 0.15) is 0 Å². The van der Waals surface area contributed by atoms with E-state index in [1.54, 1.807) is 32.4 Å². The van der Waals surface area contributed by atoms with Crippen LogP contribution in [0.3, 0.4) is 0 Å². The lowest BCUT2D eigenvalue weighted by Crippen LogP contribution is -2.04. The van der Waals surface area contributed by atoms with Gasteiger partial charge < -0.3 is 9.47 Å². The SMILES string of the molecule is COc1ccc(C(=O)CCc2c(-c3ccccc3)cc(-c3ccccc3)c3ccccc23)cc1OC. The lowest BCUT2D eigenvalue weighted by atomic mass is 9.86. The second-order valence-corrected chi connectivity index (χ2v) is 8.72. The molecule has 0 aromatic heterocycles. The van der Waals surface area contributed by atoms with Gasteiger partial charge in [-0.3, -0.25) is 4.79 Å². The molecular formula is C33H28O3. The van der Waals surface area contributed by atoms with Gasteiger partial charge in [0.25, 0.3) is 0 Å². The fourth-order valence-corrected chi connectivity index (χ4v) is 4.83. The van der Waals surface area contributed by atoms with Crippen LogP contribution in [0.25, 0.3) is 33.0 Å². The Labute approximate surface area is 211 Å². The molecule has 0 saturated heterocycles. The number of carbonyl (C=O) groups excluding carboxylic acids is 1. The number of ketones is 1. The van der Waals surface area contributed by atoms with E-state index in [9.17, 15) is 4.79 Å². The van der Waals surface area contributed by atoms with Gasteiger partial charge in [0.2, 0.25) is 0 Å². The van der Waals surface area contributed by atoms with Crippen molar-refractivity contribution in [3.05, 3.63) is 120 Å². The van der Waals surface area contributed by atoms with Crippen LogP contribution in [-0.4, -0.2) is 20.0 Å². The summed E-state index contributed by atoms with van der Waals surface area (Å²) < 4.78 is 10.7. The first-order valence-electron chi connectivity index (χ1n) is 12.1. The number of methoxy groups -OCH3 is 2. The highest BCUT2D eigenvalue weighted by atomic mass is 16.5. The molecule has 0 fully saturated rings. The molecule has 3 nitrogen and oxygen atoms in total. The summed E-state index contributed by atoms with van der Waals surface area (Å²) in [6.45, 7) is 0. The van der Waals surface area contributed by atoms with E-state index in [1.807, 2.05) is 12.1 Å². The maximum absolute atomic E-state index is 13.3. The second kappa shape index (κ2) is 10.5. The van der Waals surface area contributed by atoms with Crippen molar-refractivity contribution in [2.45, 2.75) is 12.8 Å². The summed E-state index contributed by atoms with van der Waals surface area (Å²) in [7, 11) is 3.17. The molecule has 0 aliphatic heterocycles. The second-order valence-electron chi connectivity index (χ2n) is 8.72. The molecule has 0 heterocycles. The molecule has 5 aromatic carbocycles. The van der Waals surface area contributed by atoms with E-state index in [4.69, 9.17) is 9.47 Å². The zero-order chi connectivity index (χ0) is 24.9. The Balaban J connectivity index is 1.59. The molecule has 0 radical (unpaired) electrons. The third-order valence-corrected chi connectivity index (χ3v) is 6.63. The molecule has 0 saturated carbocycles. The Morgan fingerprint density at radius 3 is 1.83 bits per heavy atom. The molecule has 36 heavy (non-hydrogen) atoms. The zero-order valence-corrected chi connectivity index (χ0v) is 20.5. The van der Waals surface area contributed by atoms with E-state index in [0.717, 1.165) is 11.1 Å². The zero-order valence-electron chi connectivity index (χ0n) is 20.5. The number of Topliss-reactive ketones (excluding diaryl/α,β-unsaturated/α-hetero) is 1. The summed E-state index contributed by atoms with van der Waals surface area (Å²) in [6.07, 6.45) is 1.02. The lowest BCUT2D eigenvalue weighted by Gasteiger charge is -2.18. The molecule has 0 bridgehead atoms. The summed E-state index contributed by atoms with van der Waals surface area (Å²) in [6, 6.07) is 37.0. The van der Waals surface area contributed by atoms with Gasteiger partial charge in [-0.2, -0.15) is 0 Å². The van der Waals surface area contributed by atoms with Crippen molar-refractivity contribution < 1.29 is 14.3 Å². The quantitative estimate of drug-likeness (QED) is 0.215. The highest BCUT2D eigenvalue weighted by Gasteiger charge is 2.17. The molecule has 5 rings (SSSR count). The fraction of sp³-hybridized carbons (Fsp3) is 0.121. The minimum Gasteiger partial charge on any atom is -0.493 e. The van der Waals surface area contributed by atoms with Gasteiger partial charge in [0, 0.05) is 12.0 Å². The third kappa shape index (κ3) is 4.60. The van der Waals surface area contributed by atoms with E-state index < -0.39 is 0 Å². The number of rotatable bonds is 8. The standard InChI is InChI=1S/C33H28O3/c1-35-32-20-17-25(21-33(32)36-2)31(34)19-18-28-26-15-9-10-16-27(26)29(23-11-5-3-6-12-23)22-30(28)24-13-7-4-8-14-24/h3-17,20-22H,18-19H2,1-2H3. The van der Waals surface area contributed by atoms with Crippen LogP contribution in [0.4, 0.5) is 0 Å². The maximum atomic E-state index is 13.3. The van der Waals surface area contributed by atoms with E-state index >= 15 is 0 Å². The van der Waals surface area contributed by atoms with Gasteiger partial charge in [0.15, 0.2) is 17.3 Å². The van der Waals surface area contributed by atoms with Crippen LogP contribution in [0.1, 0.15) is 22.3 Å². The molecule has 0 atom stereocenters. The third-order valence-electron chi connectivity index (χ3n) is 6.63. The number of aryl methyl sites for hydroxylation is 1. The Hall–Kier alpha value is -4.37. The number of hydrogen-bond donors (Lipinski definition) is 0. The largest absolute Gasteiger partial charge is 0.493 e. The number of hydrogen-bond acceptors (Lipinski definition) is 3. The van der Waals surface area contributed by atoms with Crippen LogP contribution >= 0.6 is 0 Å². The van der Waals surface area contributed by atoms with Gasteiger partial charge >= 0.3 is 0 Å². The number of benzene rings is 5. The van der Waals surface area contributed by atoms with Crippen LogP contribution < -0.4 is 9.47 Å². The minimum atomic E-state index is 0.0752. The van der Waals surface area contributed by atoms with Crippen molar-refractivity contribution in [2.75, 3.05) is 14.2 Å². The molecule has 0 aliphatic rings. The first-order valence-corrected chi connectivity index (χ1v) is 12.1. The van der Waals surface area contributed by atoms with E-state index in [1.165, 1.54) is 27.5 Å². The first kappa shape index (κ1) is 23.4. The summed E-state index contributed by atoms with van der Waals surface area (Å²) in [5, 5.41) is 2.37. The topological polar surface area (TPSA) is 35.5 Å². The molecule has 0 unspecified atom stereocenters. The highest BCUT2D eigenvalue weighted by molar-refractivity contribution is 6.03. The maximum Gasteiger partial charge on any atom is 0.163 e. The Kier molecular flexibility index (Phi) is 6.81. The van der Waals surface area contributed by atoms with Crippen molar-refractivity contribution in [1.82, 2.24) is 0 Å². The highest BCUT2D eigenvalue weighted by Crippen LogP contribution is 2.38. The van der Waals surface area contributed by atoms with Gasteiger partial charge in [-0.05, 0) is 69.3 Å². The lowest BCUT2D eigenvalue weighted by molar-refractivity contribution is 0.0982. The summed E-state index contributed by atoms with van der Waals surface area (Å²) >= 11 is 0. The fourth-order valence-electron chi connectivity index (χ4n) is 4.83. The van der Waals surface area contributed by atoms with Gasteiger partial charge in [-0.25, -0.2) is 0 Å². The van der Waals surface area contributed by atoms with Crippen LogP contribution in [0.5, 0.6) is 11.5 Å². The Morgan fingerprint density at radius 1 is 0.611 bits per heavy atom. The molecule has 3 heteroatoms. The summed E-state index contributed by atoms with van der Waals surface area (Å²) in [5.41, 5.74) is 6.49. The van der Waals surface area contributed by atoms with Crippen molar-refractivity contribution >= 4 is 16.6 Å². The van der Waals surface area contributed by atoms with E-state index in [2.05, 4.69) is 78.9 Å². The molecule has 0 amide bonds. The average Bonchev–Trinajstić information content (AvgIpc) is 2.96. The van der Waals surface area contributed by atoms with Crippen LogP contribution in [0.15, 0.2) is 109 Å². The molecule has 0 aliphatic carbocycles. The summed E-state index contributed by atoms with van der Waals surface area (Å²) in [4.78, 5) is 13.3. The molecular weight excluding hydrogens is 444 g/mol. The smallest absolute Gasteiger partial charge is 0.163 e. The van der Waals surface area contributed by atoms with E-state index in [-0.39, 0.29) is 5.78 Å². The first-order chi connectivity index (χ1) is 17.7. The molecule has 5 aromatic rings. The Bertz CT molecular complexity index is 1510. The normalized spacial score (nSPS) is 10.8. The van der Waals surface area contributed by atoms with Crippen molar-refractivity contribution in [3.8, 4) is 33.8 Å². The molecule has 0 spiro atoms. The average molecular weight is 473 g/mol. The molecule has 178 valence electrons. The predicted octanol–water partition coefficient (Wildman–Crippen LogP) is 8.01.